The van der Waals surface area contributed by atoms with Crippen molar-refractivity contribution in [3.05, 3.63) is 77.3 Å². The highest BCUT2D eigenvalue weighted by Gasteiger charge is 2.11. The van der Waals surface area contributed by atoms with Gasteiger partial charge in [-0.15, -0.1) is 11.3 Å². The quantitative estimate of drug-likeness (QED) is 0.501. The molecule has 2 heterocycles. The Labute approximate surface area is 125 Å². The van der Waals surface area contributed by atoms with Crippen LogP contribution in [0.4, 0.5) is 0 Å². The predicted molar refractivity (Wildman–Crippen MR) is 87.0 cm³/mol. The van der Waals surface area contributed by atoms with E-state index in [1.165, 1.54) is 0 Å². The summed E-state index contributed by atoms with van der Waals surface area (Å²) in [5, 5.41) is 4.21. The van der Waals surface area contributed by atoms with Crippen LogP contribution in [0.2, 0.25) is 0 Å². The highest BCUT2D eigenvalue weighted by Crippen LogP contribution is 2.22. The monoisotopic (exact) mass is 289 g/mol. The van der Waals surface area contributed by atoms with Gasteiger partial charge in [-0.1, -0.05) is 36.4 Å². The molecule has 0 aliphatic rings. The number of pyridine rings is 1. The second-order valence-electron chi connectivity index (χ2n) is 4.92. The van der Waals surface area contributed by atoms with Gasteiger partial charge in [0.05, 0.1) is 10.2 Å². The number of rotatable bonds is 2. The number of carbonyl (C=O) groups excluding carboxylic acids is 1. The van der Waals surface area contributed by atoms with Crippen LogP contribution in [0.5, 0.6) is 0 Å². The van der Waals surface area contributed by atoms with E-state index in [4.69, 9.17) is 0 Å². The van der Waals surface area contributed by atoms with Crippen LogP contribution in [0, 0.1) is 0 Å². The van der Waals surface area contributed by atoms with Crippen LogP contribution in [-0.4, -0.2) is 10.8 Å². The summed E-state index contributed by atoms with van der Waals surface area (Å²) >= 11 is 1.60. The molecule has 0 fully saturated rings. The Morgan fingerprint density at radius 1 is 0.905 bits per heavy atom. The zero-order chi connectivity index (χ0) is 14.2. The standard InChI is InChI=1S/C18H11NOS/c20-18(15-10-17-16(19-11-15)7-8-21-17)14-6-5-12-3-1-2-4-13(12)9-14/h1-11H. The summed E-state index contributed by atoms with van der Waals surface area (Å²) in [6.07, 6.45) is 1.66. The summed E-state index contributed by atoms with van der Waals surface area (Å²) in [5.74, 6) is 0.0172. The van der Waals surface area contributed by atoms with Crippen molar-refractivity contribution in [2.45, 2.75) is 0 Å². The van der Waals surface area contributed by atoms with Crippen LogP contribution in [-0.2, 0) is 0 Å². The molecule has 4 rings (SSSR count). The molecule has 21 heavy (non-hydrogen) atoms. The van der Waals surface area contributed by atoms with Gasteiger partial charge in [0.2, 0.25) is 0 Å². The van der Waals surface area contributed by atoms with Crippen molar-refractivity contribution < 1.29 is 4.79 Å². The molecule has 0 saturated heterocycles. The highest BCUT2D eigenvalue weighted by molar-refractivity contribution is 7.17. The van der Waals surface area contributed by atoms with Crippen LogP contribution in [0.25, 0.3) is 21.0 Å². The van der Waals surface area contributed by atoms with Gasteiger partial charge < -0.3 is 0 Å². The van der Waals surface area contributed by atoms with Crippen molar-refractivity contribution in [3.8, 4) is 0 Å². The van der Waals surface area contributed by atoms with Crippen molar-refractivity contribution in [1.29, 1.82) is 0 Å². The van der Waals surface area contributed by atoms with Gasteiger partial charge >= 0.3 is 0 Å². The Hall–Kier alpha value is -2.52. The molecule has 0 radical (unpaired) electrons. The number of nitrogens with zero attached hydrogens (tertiary/aromatic N) is 1. The molecule has 2 nitrogen and oxygen atoms in total. The van der Waals surface area contributed by atoms with E-state index in [1.54, 1.807) is 17.5 Å². The first-order valence-corrected chi connectivity index (χ1v) is 7.56. The van der Waals surface area contributed by atoms with Gasteiger partial charge in [0, 0.05) is 17.3 Å². The maximum atomic E-state index is 12.6. The van der Waals surface area contributed by atoms with E-state index in [2.05, 4.69) is 4.98 Å². The molecule has 0 atom stereocenters. The Bertz CT molecular complexity index is 971. The van der Waals surface area contributed by atoms with E-state index in [1.807, 2.05) is 60.0 Å². The van der Waals surface area contributed by atoms with Gasteiger partial charge in [0.15, 0.2) is 5.78 Å². The van der Waals surface area contributed by atoms with E-state index in [-0.39, 0.29) is 5.78 Å². The van der Waals surface area contributed by atoms with Crippen molar-refractivity contribution in [2.24, 2.45) is 0 Å². The fraction of sp³-hybridized carbons (Fsp3) is 0. The molecule has 0 spiro atoms. The second-order valence-corrected chi connectivity index (χ2v) is 5.87. The van der Waals surface area contributed by atoms with Crippen LogP contribution in [0.1, 0.15) is 15.9 Å². The molecule has 0 aliphatic heterocycles. The fourth-order valence-electron chi connectivity index (χ4n) is 2.47. The van der Waals surface area contributed by atoms with Crippen LogP contribution in [0.15, 0.2) is 66.2 Å². The molecule has 3 heteroatoms. The SMILES string of the molecule is O=C(c1ccc2ccccc2c1)c1cnc2ccsc2c1. The summed E-state index contributed by atoms with van der Waals surface area (Å²) in [6.45, 7) is 0. The number of ketones is 1. The van der Waals surface area contributed by atoms with Gasteiger partial charge in [-0.2, -0.15) is 0 Å². The minimum absolute atomic E-state index is 0.0172. The zero-order valence-electron chi connectivity index (χ0n) is 11.1. The molecule has 2 aromatic heterocycles. The highest BCUT2D eigenvalue weighted by atomic mass is 32.1. The van der Waals surface area contributed by atoms with Gasteiger partial charge in [-0.05, 0) is 34.4 Å². The largest absolute Gasteiger partial charge is 0.289 e. The first-order valence-electron chi connectivity index (χ1n) is 6.68. The van der Waals surface area contributed by atoms with E-state index in [9.17, 15) is 4.79 Å². The normalized spacial score (nSPS) is 11.0. The smallest absolute Gasteiger partial charge is 0.194 e. The molecule has 0 unspecified atom stereocenters. The summed E-state index contributed by atoms with van der Waals surface area (Å²) in [6, 6.07) is 17.7. The Kier molecular flexibility index (Phi) is 2.79. The van der Waals surface area contributed by atoms with Gasteiger partial charge in [0.25, 0.3) is 0 Å². The van der Waals surface area contributed by atoms with Crippen LogP contribution in [0.3, 0.4) is 0 Å². The van der Waals surface area contributed by atoms with Crippen LogP contribution >= 0.6 is 11.3 Å². The third-order valence-corrected chi connectivity index (χ3v) is 4.43. The lowest BCUT2D eigenvalue weighted by Gasteiger charge is -2.03. The molecule has 0 N–H and O–H groups in total. The molecule has 0 amide bonds. The average molecular weight is 289 g/mol. The summed E-state index contributed by atoms with van der Waals surface area (Å²) in [7, 11) is 0. The average Bonchev–Trinajstić information content (AvgIpc) is 3.01. The third-order valence-electron chi connectivity index (χ3n) is 3.58. The topological polar surface area (TPSA) is 30.0 Å². The third kappa shape index (κ3) is 2.12. The maximum Gasteiger partial charge on any atom is 0.194 e. The van der Waals surface area contributed by atoms with Crippen molar-refractivity contribution in [2.75, 3.05) is 0 Å². The molecule has 100 valence electrons. The van der Waals surface area contributed by atoms with Crippen molar-refractivity contribution in [3.63, 3.8) is 0 Å². The number of fused-ring (bicyclic) bond motifs is 2. The Morgan fingerprint density at radius 2 is 1.76 bits per heavy atom. The Balaban J connectivity index is 1.81. The lowest BCUT2D eigenvalue weighted by atomic mass is 10.0. The zero-order valence-corrected chi connectivity index (χ0v) is 11.9. The van der Waals surface area contributed by atoms with Gasteiger partial charge in [-0.3, -0.25) is 9.78 Å². The number of benzene rings is 2. The molecular weight excluding hydrogens is 278 g/mol. The number of thiophene rings is 1. The van der Waals surface area contributed by atoms with Crippen LogP contribution < -0.4 is 0 Å². The van der Waals surface area contributed by atoms with Crippen molar-refractivity contribution >= 4 is 38.1 Å². The molecular formula is C18H11NOS. The molecule has 0 aliphatic carbocycles. The lowest BCUT2D eigenvalue weighted by molar-refractivity contribution is 0.103. The Morgan fingerprint density at radius 3 is 2.67 bits per heavy atom. The van der Waals surface area contributed by atoms with Gasteiger partial charge in [-0.25, -0.2) is 0 Å². The minimum atomic E-state index is 0.0172. The molecule has 2 aromatic carbocycles. The molecule has 4 aromatic rings. The van der Waals surface area contributed by atoms with Gasteiger partial charge in [0.1, 0.15) is 0 Å². The number of hydrogen-bond acceptors (Lipinski definition) is 3. The van der Waals surface area contributed by atoms with E-state index in [0.29, 0.717) is 11.1 Å². The molecule has 0 saturated carbocycles. The second kappa shape index (κ2) is 4.79. The summed E-state index contributed by atoms with van der Waals surface area (Å²) in [4.78, 5) is 17.0. The maximum absolute atomic E-state index is 12.6. The number of carbonyl (C=O) groups is 1. The minimum Gasteiger partial charge on any atom is -0.289 e. The predicted octanol–water partition coefficient (Wildman–Crippen LogP) is 4.68. The fourth-order valence-corrected chi connectivity index (χ4v) is 3.25. The van der Waals surface area contributed by atoms with Crippen molar-refractivity contribution in [1.82, 2.24) is 4.98 Å². The lowest BCUT2D eigenvalue weighted by Crippen LogP contribution is -2.01. The number of hydrogen-bond donors (Lipinski definition) is 0. The number of aromatic nitrogens is 1. The van der Waals surface area contributed by atoms with E-state index >= 15 is 0 Å². The van der Waals surface area contributed by atoms with E-state index < -0.39 is 0 Å². The summed E-state index contributed by atoms with van der Waals surface area (Å²) < 4.78 is 1.04. The first kappa shape index (κ1) is 12.2. The molecule has 0 bridgehead atoms. The summed E-state index contributed by atoms with van der Waals surface area (Å²) in [5.41, 5.74) is 2.28. The van der Waals surface area contributed by atoms with E-state index in [0.717, 1.165) is 21.0 Å². The first-order chi connectivity index (χ1) is 10.3.